The Kier molecular flexibility index (Phi) is 11.1. The Morgan fingerprint density at radius 3 is 1.62 bits per heavy atom. The largest absolute Gasteiger partial charge is 0.504 e. The van der Waals surface area contributed by atoms with E-state index in [0.717, 1.165) is 13.2 Å². The molecular formula is C30H40O12. The number of methoxy groups -OCH3 is 4. The minimum Gasteiger partial charge on any atom is -0.504 e. The first-order valence-corrected chi connectivity index (χ1v) is 13.5. The van der Waals surface area contributed by atoms with E-state index in [1.807, 2.05) is 0 Å². The second kappa shape index (κ2) is 14.3. The van der Waals surface area contributed by atoms with Crippen LogP contribution in [0, 0.1) is 10.8 Å². The first-order chi connectivity index (χ1) is 20.1. The number of esters is 2. The smallest absolute Gasteiger partial charge is 0.341 e. The maximum absolute atomic E-state index is 11.8. The fourth-order valence-electron chi connectivity index (χ4n) is 4.36. The fraction of sp³-hybridized carbons (Fsp3) is 0.533. The van der Waals surface area contributed by atoms with E-state index in [9.17, 15) is 19.8 Å². The summed E-state index contributed by atoms with van der Waals surface area (Å²) in [4.78, 5) is 22.9. The molecule has 3 aliphatic rings. The fourth-order valence-corrected chi connectivity index (χ4v) is 4.36. The van der Waals surface area contributed by atoms with E-state index < -0.39 is 23.4 Å². The van der Waals surface area contributed by atoms with Crippen LogP contribution in [0.2, 0.25) is 0 Å². The Balaban J connectivity index is 0.000000191. The molecule has 3 aliphatic heterocycles. The highest BCUT2D eigenvalue weighted by molar-refractivity contribution is 5.94. The Morgan fingerprint density at radius 2 is 1.19 bits per heavy atom. The van der Waals surface area contributed by atoms with Crippen LogP contribution < -0.4 is 18.9 Å². The molecule has 0 amide bonds. The molecule has 0 aromatic heterocycles. The lowest BCUT2D eigenvalue weighted by Crippen LogP contribution is -2.50. The van der Waals surface area contributed by atoms with Crippen LogP contribution in [0.4, 0.5) is 0 Å². The number of fused-ring (bicyclic) bond motifs is 1. The van der Waals surface area contributed by atoms with Crippen molar-refractivity contribution in [3.63, 3.8) is 0 Å². The lowest BCUT2D eigenvalue weighted by Gasteiger charge is -2.39. The Morgan fingerprint density at radius 1 is 0.690 bits per heavy atom. The van der Waals surface area contributed by atoms with E-state index >= 15 is 0 Å². The lowest BCUT2D eigenvalue weighted by atomic mass is 9.81. The molecule has 0 bridgehead atoms. The molecule has 232 valence electrons. The number of hydrogen-bond donors (Lipinski definition) is 2. The zero-order chi connectivity index (χ0) is 30.9. The van der Waals surface area contributed by atoms with Crippen LogP contribution >= 0.6 is 0 Å². The van der Waals surface area contributed by atoms with Crippen molar-refractivity contribution in [1.82, 2.24) is 0 Å². The van der Waals surface area contributed by atoms with Crippen molar-refractivity contribution >= 4 is 11.9 Å². The number of ether oxygens (including phenoxy) is 8. The highest BCUT2D eigenvalue weighted by atomic mass is 16.6. The molecule has 1 spiro atoms. The van der Waals surface area contributed by atoms with Gasteiger partial charge >= 0.3 is 11.9 Å². The van der Waals surface area contributed by atoms with Crippen molar-refractivity contribution in [2.24, 2.45) is 10.8 Å². The van der Waals surface area contributed by atoms with Crippen molar-refractivity contribution in [1.29, 1.82) is 0 Å². The van der Waals surface area contributed by atoms with E-state index in [0.29, 0.717) is 54.7 Å². The second-order valence-electron chi connectivity index (χ2n) is 10.2. The zero-order valence-corrected chi connectivity index (χ0v) is 24.9. The standard InChI is InChI=1S/C14H16O6.C9H10O5.C7H14O/c1-16-10-4-3-9(13(15)17-2)11-12(10)20-8-14(7-19-11)5-18-6-14;1-13-6-4-3-5(9(12)14-2)7(10)8(6)11;1-3-7(4-2)5-8-6-7/h3-4H,5-8H2,1-2H3;3-4,10-11H,1-2H3;3-6H2,1-2H3. The van der Waals surface area contributed by atoms with Crippen molar-refractivity contribution in [2.75, 3.05) is 68.1 Å². The van der Waals surface area contributed by atoms with E-state index in [1.165, 1.54) is 46.3 Å². The van der Waals surface area contributed by atoms with Gasteiger partial charge in [0.25, 0.3) is 0 Å². The molecule has 2 fully saturated rings. The van der Waals surface area contributed by atoms with Crippen LogP contribution in [0.3, 0.4) is 0 Å². The maximum atomic E-state index is 11.8. The molecule has 12 nitrogen and oxygen atoms in total. The number of carbonyl (C=O) groups excluding carboxylic acids is 2. The zero-order valence-electron chi connectivity index (χ0n) is 24.9. The van der Waals surface area contributed by atoms with Crippen molar-refractivity contribution < 1.29 is 57.7 Å². The van der Waals surface area contributed by atoms with Gasteiger partial charge in [-0.15, -0.1) is 0 Å². The highest BCUT2D eigenvalue weighted by Crippen LogP contribution is 2.45. The summed E-state index contributed by atoms with van der Waals surface area (Å²) in [6.45, 7) is 8.59. The molecular weight excluding hydrogens is 552 g/mol. The summed E-state index contributed by atoms with van der Waals surface area (Å²) in [6, 6.07) is 5.95. The summed E-state index contributed by atoms with van der Waals surface area (Å²) < 4.78 is 41.2. The predicted octanol–water partition coefficient (Wildman–Crippen LogP) is 3.99. The topological polar surface area (TPSA) is 148 Å². The molecule has 0 atom stereocenters. The highest BCUT2D eigenvalue weighted by Gasteiger charge is 2.43. The number of rotatable bonds is 6. The molecule has 12 heteroatoms. The van der Waals surface area contributed by atoms with Gasteiger partial charge < -0.3 is 48.1 Å². The molecule has 2 aromatic carbocycles. The van der Waals surface area contributed by atoms with Crippen LogP contribution in [-0.2, 0) is 18.9 Å². The summed E-state index contributed by atoms with van der Waals surface area (Å²) in [6.07, 6.45) is 2.56. The molecule has 5 rings (SSSR count). The summed E-state index contributed by atoms with van der Waals surface area (Å²) in [5.41, 5.74) is 0.670. The Hall–Kier alpha value is -3.90. The number of phenols is 2. The van der Waals surface area contributed by atoms with Crippen LogP contribution in [0.15, 0.2) is 24.3 Å². The van der Waals surface area contributed by atoms with Crippen LogP contribution in [0.25, 0.3) is 0 Å². The summed E-state index contributed by atoms with van der Waals surface area (Å²) in [7, 11) is 5.40. The molecule has 2 aromatic rings. The summed E-state index contributed by atoms with van der Waals surface area (Å²) in [5, 5.41) is 18.7. The number of phenolic OH excluding ortho intramolecular Hbond substituents is 2. The Labute approximate surface area is 245 Å². The molecule has 2 saturated heterocycles. The van der Waals surface area contributed by atoms with Crippen molar-refractivity contribution in [3.8, 4) is 34.5 Å². The molecule has 42 heavy (non-hydrogen) atoms. The first kappa shape index (κ1) is 32.6. The predicted molar refractivity (Wildman–Crippen MR) is 150 cm³/mol. The number of aromatic hydroxyl groups is 2. The minimum absolute atomic E-state index is 0.0927. The molecule has 0 unspecified atom stereocenters. The van der Waals surface area contributed by atoms with Crippen LogP contribution in [0.5, 0.6) is 34.5 Å². The Bertz CT molecular complexity index is 1220. The monoisotopic (exact) mass is 592 g/mol. The maximum Gasteiger partial charge on any atom is 0.341 e. The third-order valence-electron chi connectivity index (χ3n) is 7.62. The van der Waals surface area contributed by atoms with E-state index in [4.69, 9.17) is 33.2 Å². The lowest BCUT2D eigenvalue weighted by molar-refractivity contribution is -0.143. The second-order valence-corrected chi connectivity index (χ2v) is 10.2. The van der Waals surface area contributed by atoms with Gasteiger partial charge in [0.05, 0.1) is 60.3 Å². The quantitative estimate of drug-likeness (QED) is 0.369. The SMILES string of the molecule is CCC1(CC)COC1.COC(=O)c1ccc(OC)c(O)c1O.COC(=O)c1ccc(OC)c2c1OCC1(COC1)CO2. The molecule has 3 heterocycles. The van der Waals surface area contributed by atoms with E-state index in [-0.39, 0.29) is 16.7 Å². The third kappa shape index (κ3) is 6.93. The van der Waals surface area contributed by atoms with Gasteiger partial charge in [-0.05, 0) is 37.1 Å². The van der Waals surface area contributed by atoms with E-state index in [1.54, 1.807) is 19.2 Å². The van der Waals surface area contributed by atoms with Gasteiger partial charge in [-0.2, -0.15) is 0 Å². The normalized spacial score (nSPS) is 16.9. The molecule has 0 aliphatic carbocycles. The minimum atomic E-state index is -0.722. The first-order valence-electron chi connectivity index (χ1n) is 13.5. The van der Waals surface area contributed by atoms with Gasteiger partial charge in [-0.25, -0.2) is 9.59 Å². The van der Waals surface area contributed by atoms with Gasteiger partial charge in [0.2, 0.25) is 11.5 Å². The van der Waals surface area contributed by atoms with Gasteiger partial charge in [0.1, 0.15) is 24.3 Å². The van der Waals surface area contributed by atoms with Gasteiger partial charge in [-0.1, -0.05) is 13.8 Å². The molecule has 2 N–H and O–H groups in total. The molecule has 0 radical (unpaired) electrons. The third-order valence-corrected chi connectivity index (χ3v) is 7.62. The van der Waals surface area contributed by atoms with Gasteiger partial charge in [0.15, 0.2) is 23.0 Å². The van der Waals surface area contributed by atoms with Gasteiger partial charge in [-0.3, -0.25) is 0 Å². The number of carbonyl (C=O) groups is 2. The average Bonchev–Trinajstić information content (AvgIpc) is 3.19. The summed E-state index contributed by atoms with van der Waals surface area (Å²) in [5.74, 6) is -0.764. The van der Waals surface area contributed by atoms with Crippen LogP contribution in [-0.4, -0.2) is 90.2 Å². The number of hydrogen-bond acceptors (Lipinski definition) is 12. The van der Waals surface area contributed by atoms with Crippen molar-refractivity contribution in [3.05, 3.63) is 35.4 Å². The van der Waals surface area contributed by atoms with Crippen molar-refractivity contribution in [2.45, 2.75) is 26.7 Å². The average molecular weight is 593 g/mol. The van der Waals surface area contributed by atoms with E-state index in [2.05, 4.69) is 18.6 Å². The number of benzene rings is 2. The van der Waals surface area contributed by atoms with Gasteiger partial charge in [0, 0.05) is 5.41 Å². The molecule has 0 saturated carbocycles. The van der Waals surface area contributed by atoms with Crippen LogP contribution in [0.1, 0.15) is 47.4 Å². The summed E-state index contributed by atoms with van der Waals surface area (Å²) >= 11 is 0.